The van der Waals surface area contributed by atoms with Gasteiger partial charge in [0.1, 0.15) is 4.88 Å². The van der Waals surface area contributed by atoms with Gasteiger partial charge in [0.05, 0.1) is 11.1 Å². The van der Waals surface area contributed by atoms with Gasteiger partial charge in [-0.05, 0) is 18.4 Å². The minimum absolute atomic E-state index is 0.174. The summed E-state index contributed by atoms with van der Waals surface area (Å²) in [4.78, 5) is 12.7. The summed E-state index contributed by atoms with van der Waals surface area (Å²) in [7, 11) is 0. The molecule has 0 aliphatic rings. The van der Waals surface area contributed by atoms with Gasteiger partial charge in [0.25, 0.3) is 5.91 Å². The zero-order valence-electron chi connectivity index (χ0n) is 11.5. The summed E-state index contributed by atoms with van der Waals surface area (Å²) < 4.78 is 1.00. The number of halogens is 1. The first-order valence-electron chi connectivity index (χ1n) is 6.64. The fourth-order valence-corrected chi connectivity index (χ4v) is 3.34. The van der Waals surface area contributed by atoms with Crippen LogP contribution in [0.2, 0.25) is 5.02 Å². The quantitative estimate of drug-likeness (QED) is 0.884. The molecule has 0 radical (unpaired) electrons. The van der Waals surface area contributed by atoms with Crippen LogP contribution in [0.15, 0.2) is 24.3 Å². The van der Waals surface area contributed by atoms with E-state index in [0.717, 1.165) is 10.1 Å². The van der Waals surface area contributed by atoms with E-state index in [9.17, 15) is 9.90 Å². The molecule has 1 atom stereocenters. The van der Waals surface area contributed by atoms with Gasteiger partial charge in [-0.15, -0.1) is 11.3 Å². The Morgan fingerprint density at radius 2 is 2.10 bits per heavy atom. The highest BCUT2D eigenvalue weighted by atomic mass is 35.5. The summed E-state index contributed by atoms with van der Waals surface area (Å²) >= 11 is 7.63. The molecule has 0 saturated heterocycles. The molecule has 2 aromatic rings. The van der Waals surface area contributed by atoms with Crippen molar-refractivity contribution in [1.82, 2.24) is 5.32 Å². The van der Waals surface area contributed by atoms with Gasteiger partial charge in [0, 0.05) is 16.6 Å². The van der Waals surface area contributed by atoms with Crippen molar-refractivity contribution >= 4 is 38.9 Å². The summed E-state index contributed by atoms with van der Waals surface area (Å²) in [6, 6.07) is 7.69. The molecule has 0 aliphatic carbocycles. The molecule has 1 heterocycles. The topological polar surface area (TPSA) is 49.3 Å². The Hall–Kier alpha value is -1.10. The standard InChI is InChI=1S/C15H18ClNO2S/c1-9(2)11(18)7-8-17-15(19)14-13(16)10-5-3-4-6-12(10)20-14/h3-6,9,11,18H,7-8H2,1-2H3,(H,17,19). The Morgan fingerprint density at radius 3 is 2.75 bits per heavy atom. The van der Waals surface area contributed by atoms with Crippen molar-refractivity contribution in [3.05, 3.63) is 34.2 Å². The molecule has 108 valence electrons. The highest BCUT2D eigenvalue weighted by Crippen LogP contribution is 2.34. The maximum Gasteiger partial charge on any atom is 0.262 e. The van der Waals surface area contributed by atoms with E-state index < -0.39 is 6.10 Å². The van der Waals surface area contributed by atoms with Gasteiger partial charge in [-0.25, -0.2) is 0 Å². The van der Waals surface area contributed by atoms with Crippen molar-refractivity contribution in [3.63, 3.8) is 0 Å². The van der Waals surface area contributed by atoms with Crippen LogP contribution in [0.25, 0.3) is 10.1 Å². The number of fused-ring (bicyclic) bond motifs is 1. The summed E-state index contributed by atoms with van der Waals surface area (Å²) in [5.41, 5.74) is 0. The van der Waals surface area contributed by atoms with Crippen molar-refractivity contribution in [1.29, 1.82) is 0 Å². The number of hydrogen-bond acceptors (Lipinski definition) is 3. The van der Waals surface area contributed by atoms with E-state index in [1.807, 2.05) is 38.1 Å². The second-order valence-corrected chi connectivity index (χ2v) is 6.53. The summed E-state index contributed by atoms with van der Waals surface area (Å²) in [5, 5.41) is 13.9. The van der Waals surface area contributed by atoms with Gasteiger partial charge < -0.3 is 10.4 Å². The minimum Gasteiger partial charge on any atom is -0.393 e. The smallest absolute Gasteiger partial charge is 0.262 e. The lowest BCUT2D eigenvalue weighted by atomic mass is 10.0. The Kier molecular flexibility index (Phi) is 5.02. The van der Waals surface area contributed by atoms with Gasteiger partial charge >= 0.3 is 0 Å². The van der Waals surface area contributed by atoms with E-state index in [4.69, 9.17) is 11.6 Å². The third kappa shape index (κ3) is 3.32. The Labute approximate surface area is 127 Å². The van der Waals surface area contributed by atoms with Gasteiger partial charge in [-0.3, -0.25) is 4.79 Å². The van der Waals surface area contributed by atoms with E-state index in [-0.39, 0.29) is 11.8 Å². The fourth-order valence-electron chi connectivity index (χ4n) is 1.91. The van der Waals surface area contributed by atoms with E-state index in [2.05, 4.69) is 5.32 Å². The predicted octanol–water partition coefficient (Wildman–Crippen LogP) is 3.69. The Balaban J connectivity index is 2.03. The molecule has 5 heteroatoms. The first-order chi connectivity index (χ1) is 9.50. The molecular formula is C15H18ClNO2S. The van der Waals surface area contributed by atoms with Crippen LogP contribution in [0.5, 0.6) is 0 Å². The number of carbonyl (C=O) groups excluding carboxylic acids is 1. The van der Waals surface area contributed by atoms with Crippen LogP contribution < -0.4 is 5.32 Å². The van der Waals surface area contributed by atoms with Crippen LogP contribution in [0, 0.1) is 5.92 Å². The largest absolute Gasteiger partial charge is 0.393 e. The number of rotatable bonds is 5. The fraction of sp³-hybridized carbons (Fsp3) is 0.400. The number of carbonyl (C=O) groups is 1. The monoisotopic (exact) mass is 311 g/mol. The van der Waals surface area contributed by atoms with Crippen molar-refractivity contribution in [2.75, 3.05) is 6.54 Å². The van der Waals surface area contributed by atoms with Crippen LogP contribution in [0.3, 0.4) is 0 Å². The second-order valence-electron chi connectivity index (χ2n) is 5.10. The summed E-state index contributed by atoms with van der Waals surface area (Å²) in [6.07, 6.45) is 0.152. The van der Waals surface area contributed by atoms with Crippen molar-refractivity contribution < 1.29 is 9.90 Å². The van der Waals surface area contributed by atoms with Crippen LogP contribution in [-0.2, 0) is 0 Å². The molecule has 3 nitrogen and oxygen atoms in total. The van der Waals surface area contributed by atoms with E-state index in [0.29, 0.717) is 22.9 Å². The van der Waals surface area contributed by atoms with Gasteiger partial charge in [0.15, 0.2) is 0 Å². The number of aliphatic hydroxyl groups excluding tert-OH is 1. The van der Waals surface area contributed by atoms with Gasteiger partial charge in [0.2, 0.25) is 0 Å². The van der Waals surface area contributed by atoms with Crippen molar-refractivity contribution in [2.45, 2.75) is 26.4 Å². The van der Waals surface area contributed by atoms with Crippen LogP contribution in [0.1, 0.15) is 29.9 Å². The number of hydrogen-bond donors (Lipinski definition) is 2. The lowest BCUT2D eigenvalue weighted by molar-refractivity contribution is 0.0924. The summed E-state index contributed by atoms with van der Waals surface area (Å²) in [6.45, 7) is 4.35. The van der Waals surface area contributed by atoms with Crippen molar-refractivity contribution in [3.8, 4) is 0 Å². The zero-order chi connectivity index (χ0) is 14.7. The molecule has 2 N–H and O–H groups in total. The van der Waals surface area contributed by atoms with Gasteiger partial charge in [-0.2, -0.15) is 0 Å². The molecule has 0 fully saturated rings. The average molecular weight is 312 g/mol. The number of thiophene rings is 1. The molecule has 0 bridgehead atoms. The number of benzene rings is 1. The molecule has 0 spiro atoms. The highest BCUT2D eigenvalue weighted by Gasteiger charge is 2.17. The number of nitrogens with one attached hydrogen (secondary N) is 1. The molecule has 0 saturated carbocycles. The molecule has 1 aromatic heterocycles. The van der Waals surface area contributed by atoms with Crippen LogP contribution >= 0.6 is 22.9 Å². The molecule has 1 amide bonds. The SMILES string of the molecule is CC(C)C(O)CCNC(=O)c1sc2ccccc2c1Cl. The zero-order valence-corrected chi connectivity index (χ0v) is 13.1. The lowest BCUT2D eigenvalue weighted by Crippen LogP contribution is -2.28. The predicted molar refractivity (Wildman–Crippen MR) is 84.6 cm³/mol. The third-order valence-corrected chi connectivity index (χ3v) is 4.91. The van der Waals surface area contributed by atoms with E-state index >= 15 is 0 Å². The van der Waals surface area contributed by atoms with E-state index in [1.54, 1.807) is 0 Å². The first-order valence-corrected chi connectivity index (χ1v) is 7.83. The van der Waals surface area contributed by atoms with Crippen LogP contribution in [0.4, 0.5) is 0 Å². The normalized spacial score (nSPS) is 12.8. The molecule has 2 rings (SSSR count). The Bertz CT molecular complexity index is 609. The first kappa shape index (κ1) is 15.3. The molecule has 1 unspecified atom stereocenters. The summed E-state index contributed by atoms with van der Waals surface area (Å²) in [5.74, 6) is 0.0203. The molecule has 0 aliphatic heterocycles. The maximum atomic E-state index is 12.1. The average Bonchev–Trinajstić information content (AvgIpc) is 2.76. The second kappa shape index (κ2) is 6.57. The Morgan fingerprint density at radius 1 is 1.40 bits per heavy atom. The maximum absolute atomic E-state index is 12.1. The number of amides is 1. The minimum atomic E-state index is -0.395. The third-order valence-electron chi connectivity index (χ3n) is 3.24. The van der Waals surface area contributed by atoms with Crippen LogP contribution in [-0.4, -0.2) is 23.7 Å². The molecule has 20 heavy (non-hydrogen) atoms. The molecule has 1 aromatic carbocycles. The van der Waals surface area contributed by atoms with Crippen molar-refractivity contribution in [2.24, 2.45) is 5.92 Å². The van der Waals surface area contributed by atoms with Gasteiger partial charge in [-0.1, -0.05) is 43.6 Å². The lowest BCUT2D eigenvalue weighted by Gasteiger charge is -2.14. The highest BCUT2D eigenvalue weighted by molar-refractivity contribution is 7.21. The number of aliphatic hydroxyl groups is 1. The molecular weight excluding hydrogens is 294 g/mol. The van der Waals surface area contributed by atoms with E-state index in [1.165, 1.54) is 11.3 Å².